The molecule has 0 aliphatic heterocycles. The Morgan fingerprint density at radius 2 is 1.75 bits per heavy atom. The predicted octanol–water partition coefficient (Wildman–Crippen LogP) is 4.45. The lowest BCUT2D eigenvalue weighted by Gasteiger charge is -2.15. The zero-order chi connectivity index (χ0) is 23.3. The van der Waals surface area contributed by atoms with Gasteiger partial charge in [-0.25, -0.2) is 0 Å². The molecule has 0 saturated heterocycles. The number of benzene rings is 2. The van der Waals surface area contributed by atoms with E-state index in [0.717, 1.165) is 22.4 Å². The molecule has 3 aromatic rings. The van der Waals surface area contributed by atoms with E-state index in [-0.39, 0.29) is 23.6 Å². The first-order valence-corrected chi connectivity index (χ1v) is 11.6. The maximum Gasteiger partial charge on any atom is 0.251 e. The van der Waals surface area contributed by atoms with E-state index in [1.165, 1.54) is 11.8 Å². The summed E-state index contributed by atoms with van der Waals surface area (Å²) in [5.41, 5.74) is 4.63. The van der Waals surface area contributed by atoms with Gasteiger partial charge in [0.25, 0.3) is 5.91 Å². The van der Waals surface area contributed by atoms with Crippen molar-refractivity contribution in [1.82, 2.24) is 20.1 Å². The molecule has 0 aliphatic rings. The van der Waals surface area contributed by atoms with Crippen LogP contribution >= 0.6 is 11.8 Å². The molecule has 168 valence electrons. The average molecular weight is 452 g/mol. The maximum atomic E-state index is 12.6. The Balaban J connectivity index is 1.63. The van der Waals surface area contributed by atoms with E-state index in [4.69, 9.17) is 0 Å². The van der Waals surface area contributed by atoms with Crippen LogP contribution in [0, 0.1) is 20.8 Å². The lowest BCUT2D eigenvalue weighted by atomic mass is 10.1. The van der Waals surface area contributed by atoms with Gasteiger partial charge in [-0.2, -0.15) is 0 Å². The molecule has 0 unspecified atom stereocenters. The number of nitrogens with one attached hydrogen (secondary N) is 2. The number of carbonyl (C=O) groups is 2. The number of hydrogen-bond donors (Lipinski definition) is 2. The standard InChI is InChI=1S/C24H29N5O2S/c1-6-29-22(18(5)25-23(31)19-9-7-8-15(2)11-19)27-28-24(29)32-14-21(30)26-20-12-16(3)10-17(4)13-20/h7-13,18H,6,14H2,1-5H3,(H,25,31)(H,26,30)/t18-/m1/s1. The van der Waals surface area contributed by atoms with Gasteiger partial charge in [-0.3, -0.25) is 9.59 Å². The predicted molar refractivity (Wildman–Crippen MR) is 128 cm³/mol. The topological polar surface area (TPSA) is 88.9 Å². The number of hydrogen-bond acceptors (Lipinski definition) is 5. The Kier molecular flexibility index (Phi) is 7.69. The lowest BCUT2D eigenvalue weighted by Crippen LogP contribution is -2.28. The molecule has 3 rings (SSSR count). The molecular formula is C24H29N5O2S. The summed E-state index contributed by atoms with van der Waals surface area (Å²) in [5, 5.41) is 15.1. The Labute approximate surface area is 193 Å². The number of amides is 2. The molecule has 1 atom stereocenters. The fourth-order valence-corrected chi connectivity index (χ4v) is 4.34. The molecule has 0 spiro atoms. The van der Waals surface area contributed by atoms with Crippen LogP contribution in [0.15, 0.2) is 47.6 Å². The fourth-order valence-electron chi connectivity index (χ4n) is 3.53. The first kappa shape index (κ1) is 23.5. The summed E-state index contributed by atoms with van der Waals surface area (Å²) in [5.74, 6) is 0.613. The lowest BCUT2D eigenvalue weighted by molar-refractivity contribution is -0.113. The van der Waals surface area contributed by atoms with Crippen LogP contribution in [-0.2, 0) is 11.3 Å². The van der Waals surface area contributed by atoms with Gasteiger partial charge in [-0.1, -0.05) is 35.5 Å². The van der Waals surface area contributed by atoms with Crippen LogP contribution in [0.25, 0.3) is 0 Å². The van der Waals surface area contributed by atoms with E-state index in [0.29, 0.717) is 23.1 Å². The first-order chi connectivity index (χ1) is 15.3. The van der Waals surface area contributed by atoms with E-state index in [1.54, 1.807) is 6.07 Å². The highest BCUT2D eigenvalue weighted by Crippen LogP contribution is 2.22. The summed E-state index contributed by atoms with van der Waals surface area (Å²) >= 11 is 1.33. The highest BCUT2D eigenvalue weighted by atomic mass is 32.2. The van der Waals surface area contributed by atoms with Crippen LogP contribution in [0.2, 0.25) is 0 Å². The number of anilines is 1. The van der Waals surface area contributed by atoms with Gasteiger partial charge in [0.05, 0.1) is 11.8 Å². The van der Waals surface area contributed by atoms with Crippen LogP contribution in [0.1, 0.15) is 52.8 Å². The minimum atomic E-state index is -0.325. The molecule has 0 aliphatic carbocycles. The summed E-state index contributed by atoms with van der Waals surface area (Å²) in [6, 6.07) is 13.1. The maximum absolute atomic E-state index is 12.6. The third-order valence-electron chi connectivity index (χ3n) is 4.91. The largest absolute Gasteiger partial charge is 0.342 e. The Morgan fingerprint density at radius 1 is 1.03 bits per heavy atom. The number of thioether (sulfide) groups is 1. The van der Waals surface area contributed by atoms with Crippen molar-refractivity contribution in [2.75, 3.05) is 11.1 Å². The van der Waals surface area contributed by atoms with Gasteiger partial charge in [0.15, 0.2) is 11.0 Å². The van der Waals surface area contributed by atoms with Crippen LogP contribution in [-0.4, -0.2) is 32.3 Å². The summed E-state index contributed by atoms with van der Waals surface area (Å²) in [6.45, 7) is 10.5. The van der Waals surface area contributed by atoms with Gasteiger partial charge in [0.2, 0.25) is 5.91 Å². The summed E-state index contributed by atoms with van der Waals surface area (Å²) in [7, 11) is 0. The van der Waals surface area contributed by atoms with E-state index in [1.807, 2.05) is 69.5 Å². The second-order valence-corrected chi connectivity index (χ2v) is 8.81. The molecule has 0 radical (unpaired) electrons. The molecule has 2 N–H and O–H groups in total. The zero-order valence-electron chi connectivity index (χ0n) is 19.1. The molecule has 2 aromatic carbocycles. The van der Waals surface area contributed by atoms with Crippen LogP contribution in [0.5, 0.6) is 0 Å². The van der Waals surface area contributed by atoms with Crippen molar-refractivity contribution in [3.8, 4) is 0 Å². The number of carbonyl (C=O) groups excluding carboxylic acids is 2. The minimum Gasteiger partial charge on any atom is -0.342 e. The SMILES string of the molecule is CCn1c(SCC(=O)Nc2cc(C)cc(C)c2)nnc1[C@@H](C)NC(=O)c1cccc(C)c1. The molecule has 7 nitrogen and oxygen atoms in total. The molecule has 0 fully saturated rings. The summed E-state index contributed by atoms with van der Waals surface area (Å²) in [4.78, 5) is 25.0. The van der Waals surface area contributed by atoms with Crippen molar-refractivity contribution in [1.29, 1.82) is 0 Å². The van der Waals surface area contributed by atoms with Crippen molar-refractivity contribution in [3.63, 3.8) is 0 Å². The number of aryl methyl sites for hydroxylation is 3. The fraction of sp³-hybridized carbons (Fsp3) is 0.333. The van der Waals surface area contributed by atoms with Crippen molar-refractivity contribution in [2.45, 2.75) is 52.4 Å². The monoisotopic (exact) mass is 451 g/mol. The third kappa shape index (κ3) is 5.97. The first-order valence-electron chi connectivity index (χ1n) is 10.6. The normalized spacial score (nSPS) is 11.8. The van der Waals surface area contributed by atoms with E-state index >= 15 is 0 Å². The van der Waals surface area contributed by atoms with Crippen molar-refractivity contribution < 1.29 is 9.59 Å². The average Bonchev–Trinajstić information content (AvgIpc) is 3.14. The van der Waals surface area contributed by atoms with Gasteiger partial charge in [0, 0.05) is 17.8 Å². The Hall–Kier alpha value is -3.13. The summed E-state index contributed by atoms with van der Waals surface area (Å²) in [6.07, 6.45) is 0. The van der Waals surface area contributed by atoms with Gasteiger partial charge in [0.1, 0.15) is 0 Å². The third-order valence-corrected chi connectivity index (χ3v) is 5.88. The van der Waals surface area contributed by atoms with E-state index < -0.39 is 0 Å². The molecule has 8 heteroatoms. The number of aromatic nitrogens is 3. The van der Waals surface area contributed by atoms with Gasteiger partial charge < -0.3 is 15.2 Å². The second kappa shape index (κ2) is 10.5. The molecule has 2 amide bonds. The van der Waals surface area contributed by atoms with Crippen LogP contribution < -0.4 is 10.6 Å². The quantitative estimate of drug-likeness (QED) is 0.494. The molecule has 32 heavy (non-hydrogen) atoms. The molecule has 0 saturated carbocycles. The Morgan fingerprint density at radius 3 is 2.41 bits per heavy atom. The molecular weight excluding hydrogens is 422 g/mol. The second-order valence-electron chi connectivity index (χ2n) is 7.86. The van der Waals surface area contributed by atoms with Gasteiger partial charge >= 0.3 is 0 Å². The molecule has 1 aromatic heterocycles. The Bertz CT molecular complexity index is 1110. The van der Waals surface area contributed by atoms with E-state index in [2.05, 4.69) is 26.9 Å². The number of rotatable bonds is 8. The van der Waals surface area contributed by atoms with Gasteiger partial charge in [-0.05, 0) is 70.0 Å². The van der Waals surface area contributed by atoms with Crippen LogP contribution in [0.4, 0.5) is 5.69 Å². The van der Waals surface area contributed by atoms with Crippen molar-refractivity contribution in [2.24, 2.45) is 0 Å². The molecule has 0 bridgehead atoms. The highest BCUT2D eigenvalue weighted by Gasteiger charge is 2.20. The highest BCUT2D eigenvalue weighted by molar-refractivity contribution is 7.99. The number of nitrogens with zero attached hydrogens (tertiary/aromatic N) is 3. The van der Waals surface area contributed by atoms with Gasteiger partial charge in [-0.15, -0.1) is 10.2 Å². The minimum absolute atomic E-state index is 0.104. The van der Waals surface area contributed by atoms with E-state index in [9.17, 15) is 9.59 Å². The van der Waals surface area contributed by atoms with Crippen molar-refractivity contribution in [3.05, 3.63) is 70.5 Å². The molecule has 1 heterocycles. The van der Waals surface area contributed by atoms with Crippen LogP contribution in [0.3, 0.4) is 0 Å². The van der Waals surface area contributed by atoms with Crippen molar-refractivity contribution >= 4 is 29.3 Å². The zero-order valence-corrected chi connectivity index (χ0v) is 19.9. The summed E-state index contributed by atoms with van der Waals surface area (Å²) < 4.78 is 1.93. The smallest absolute Gasteiger partial charge is 0.251 e.